The Morgan fingerprint density at radius 1 is 0.851 bits per heavy atom. The second-order valence-corrected chi connectivity index (χ2v) is 10.9. The standard InChI is InChI=1S/C30H38N6O11/c1-16(2)27(35-23(39)12-13-36-24(40)9-10-25(36)41)30(46)34-21(14-22(31)38)29(45)33-20(8-11-26(42)43)28(44)32-19-6-4-18(5-7-19)15-47-17(3)37/h4-7,9-10,16,20-21,27H,8,11-15H2,1-3H3,(H2,31,38)(H,32,44)(H,33,45)(H,34,46)(H,35,39)(H,42,43)/t20-,21-,27-/m0/s1. The average Bonchev–Trinajstić information content (AvgIpc) is 3.31. The summed E-state index contributed by atoms with van der Waals surface area (Å²) in [6.45, 7) is 4.23. The highest BCUT2D eigenvalue weighted by molar-refractivity contribution is 6.13. The summed E-state index contributed by atoms with van der Waals surface area (Å²) in [6.07, 6.45) is 0.263. The second kappa shape index (κ2) is 17.8. The van der Waals surface area contributed by atoms with Crippen molar-refractivity contribution < 1.29 is 53.0 Å². The lowest BCUT2D eigenvalue weighted by atomic mass is 10.0. The quantitative estimate of drug-likeness (QED) is 0.0811. The van der Waals surface area contributed by atoms with Gasteiger partial charge in [0, 0.05) is 44.1 Å². The lowest BCUT2D eigenvalue weighted by molar-refractivity contribution is -0.142. The number of imide groups is 1. The van der Waals surface area contributed by atoms with E-state index in [0.29, 0.717) is 5.56 Å². The third-order valence-electron chi connectivity index (χ3n) is 6.71. The van der Waals surface area contributed by atoms with Crippen LogP contribution < -0.4 is 27.0 Å². The molecule has 0 spiro atoms. The molecule has 0 aliphatic carbocycles. The number of carbonyl (C=O) groups is 9. The van der Waals surface area contributed by atoms with Crippen LogP contribution in [0.4, 0.5) is 5.69 Å². The molecule has 1 aliphatic rings. The molecule has 0 aromatic heterocycles. The summed E-state index contributed by atoms with van der Waals surface area (Å²) in [5.41, 5.74) is 6.21. The molecule has 3 atom stereocenters. The first-order valence-electron chi connectivity index (χ1n) is 14.5. The molecule has 0 radical (unpaired) electrons. The summed E-state index contributed by atoms with van der Waals surface area (Å²) in [5.74, 6) is -7.75. The van der Waals surface area contributed by atoms with Crippen molar-refractivity contribution in [3.63, 3.8) is 0 Å². The Bertz CT molecular complexity index is 1410. The number of benzene rings is 1. The molecule has 17 nitrogen and oxygen atoms in total. The predicted molar refractivity (Wildman–Crippen MR) is 162 cm³/mol. The Morgan fingerprint density at radius 2 is 1.45 bits per heavy atom. The molecule has 0 saturated carbocycles. The highest BCUT2D eigenvalue weighted by Crippen LogP contribution is 2.13. The first kappa shape index (κ1) is 37.6. The Balaban J connectivity index is 2.12. The molecule has 2 rings (SSSR count). The maximum atomic E-state index is 13.3. The van der Waals surface area contributed by atoms with E-state index in [1.807, 2.05) is 0 Å². The van der Waals surface area contributed by atoms with Gasteiger partial charge < -0.3 is 36.8 Å². The number of anilines is 1. The summed E-state index contributed by atoms with van der Waals surface area (Å²) in [4.78, 5) is 110. The van der Waals surface area contributed by atoms with Gasteiger partial charge in [0.25, 0.3) is 11.8 Å². The van der Waals surface area contributed by atoms with Crippen LogP contribution in [0.5, 0.6) is 0 Å². The van der Waals surface area contributed by atoms with Crippen LogP contribution in [0.15, 0.2) is 36.4 Å². The van der Waals surface area contributed by atoms with Gasteiger partial charge in [-0.25, -0.2) is 0 Å². The van der Waals surface area contributed by atoms with E-state index in [0.717, 1.165) is 17.1 Å². The van der Waals surface area contributed by atoms with E-state index in [1.165, 1.54) is 19.1 Å². The largest absolute Gasteiger partial charge is 0.481 e. The number of carbonyl (C=O) groups excluding carboxylic acids is 8. The first-order valence-corrected chi connectivity index (χ1v) is 14.5. The van der Waals surface area contributed by atoms with Crippen LogP contribution in [0.1, 0.15) is 52.0 Å². The number of carboxylic acid groups (broad SMARTS) is 1. The first-order chi connectivity index (χ1) is 22.1. The van der Waals surface area contributed by atoms with Gasteiger partial charge in [-0.15, -0.1) is 0 Å². The summed E-state index contributed by atoms with van der Waals surface area (Å²) in [6, 6.07) is 1.91. The second-order valence-electron chi connectivity index (χ2n) is 10.9. The molecule has 0 fully saturated rings. The van der Waals surface area contributed by atoms with E-state index in [1.54, 1.807) is 26.0 Å². The number of hydrogen-bond acceptors (Lipinski definition) is 10. The summed E-state index contributed by atoms with van der Waals surface area (Å²) in [7, 11) is 0. The maximum absolute atomic E-state index is 13.3. The van der Waals surface area contributed by atoms with Crippen LogP contribution in [-0.2, 0) is 54.5 Å². The number of esters is 1. The molecular formula is C30H38N6O11. The minimum atomic E-state index is -1.61. The summed E-state index contributed by atoms with van der Waals surface area (Å²) in [5, 5.41) is 18.9. The molecule has 1 aliphatic heterocycles. The summed E-state index contributed by atoms with van der Waals surface area (Å²) >= 11 is 0. The van der Waals surface area contributed by atoms with Crippen LogP contribution >= 0.6 is 0 Å². The molecule has 7 N–H and O–H groups in total. The van der Waals surface area contributed by atoms with E-state index < -0.39 is 90.2 Å². The predicted octanol–water partition coefficient (Wildman–Crippen LogP) is -1.15. The van der Waals surface area contributed by atoms with Crippen LogP contribution in [0.25, 0.3) is 0 Å². The maximum Gasteiger partial charge on any atom is 0.303 e. The molecule has 0 bridgehead atoms. The Labute approximate surface area is 269 Å². The minimum absolute atomic E-state index is 0.00745. The number of nitrogens with two attached hydrogens (primary N) is 1. The van der Waals surface area contributed by atoms with E-state index in [4.69, 9.17) is 10.5 Å². The minimum Gasteiger partial charge on any atom is -0.481 e. The number of amides is 7. The smallest absolute Gasteiger partial charge is 0.303 e. The van der Waals surface area contributed by atoms with Gasteiger partial charge in [0.15, 0.2) is 0 Å². The Kier molecular flexibility index (Phi) is 14.2. The van der Waals surface area contributed by atoms with Crippen LogP contribution in [-0.4, -0.2) is 88.0 Å². The van der Waals surface area contributed by atoms with E-state index >= 15 is 0 Å². The third kappa shape index (κ3) is 12.7. The lowest BCUT2D eigenvalue weighted by Crippen LogP contribution is -2.58. The number of aliphatic carboxylic acids is 1. The van der Waals surface area contributed by atoms with Crippen molar-refractivity contribution in [2.75, 3.05) is 11.9 Å². The topological polar surface area (TPSA) is 260 Å². The molecule has 0 saturated heterocycles. The fraction of sp³-hybridized carbons (Fsp3) is 0.433. The van der Waals surface area contributed by atoms with Crippen molar-refractivity contribution in [3.05, 3.63) is 42.0 Å². The number of ether oxygens (including phenoxy) is 1. The van der Waals surface area contributed by atoms with Crippen molar-refractivity contribution in [1.29, 1.82) is 0 Å². The zero-order valence-corrected chi connectivity index (χ0v) is 26.1. The van der Waals surface area contributed by atoms with Crippen LogP contribution in [0.2, 0.25) is 0 Å². The van der Waals surface area contributed by atoms with E-state index in [2.05, 4.69) is 21.3 Å². The lowest BCUT2D eigenvalue weighted by Gasteiger charge is -2.26. The molecule has 0 unspecified atom stereocenters. The van der Waals surface area contributed by atoms with Crippen molar-refractivity contribution in [2.24, 2.45) is 11.7 Å². The fourth-order valence-corrected chi connectivity index (χ4v) is 4.22. The van der Waals surface area contributed by atoms with Gasteiger partial charge in [0.2, 0.25) is 29.5 Å². The van der Waals surface area contributed by atoms with Gasteiger partial charge in [-0.3, -0.25) is 48.1 Å². The van der Waals surface area contributed by atoms with Gasteiger partial charge in [-0.2, -0.15) is 0 Å². The van der Waals surface area contributed by atoms with Crippen molar-refractivity contribution in [3.8, 4) is 0 Å². The number of primary amides is 1. The average molecular weight is 659 g/mol. The monoisotopic (exact) mass is 658 g/mol. The van der Waals surface area contributed by atoms with Crippen molar-refractivity contribution in [1.82, 2.24) is 20.9 Å². The van der Waals surface area contributed by atoms with Crippen LogP contribution in [0, 0.1) is 5.92 Å². The molecule has 47 heavy (non-hydrogen) atoms. The summed E-state index contributed by atoms with van der Waals surface area (Å²) < 4.78 is 4.91. The fourth-order valence-electron chi connectivity index (χ4n) is 4.22. The van der Waals surface area contributed by atoms with Crippen LogP contribution in [0.3, 0.4) is 0 Å². The highest BCUT2D eigenvalue weighted by Gasteiger charge is 2.32. The SMILES string of the molecule is CC(=O)OCc1ccc(NC(=O)[C@H](CCC(=O)O)NC(=O)[C@H](CC(N)=O)NC(=O)[C@@H](NC(=O)CCN2C(=O)C=CC2=O)C(C)C)cc1. The molecule has 1 aromatic rings. The van der Waals surface area contributed by atoms with Gasteiger partial charge in [0.1, 0.15) is 24.7 Å². The normalized spacial score (nSPS) is 14.2. The number of hydrogen-bond donors (Lipinski definition) is 6. The zero-order chi connectivity index (χ0) is 35.3. The highest BCUT2D eigenvalue weighted by atomic mass is 16.5. The van der Waals surface area contributed by atoms with Crippen molar-refractivity contribution >= 4 is 59.0 Å². The molecule has 254 valence electrons. The number of nitrogens with zero attached hydrogens (tertiary/aromatic N) is 1. The number of nitrogens with one attached hydrogen (secondary N) is 4. The number of rotatable bonds is 18. The molecule has 7 amide bonds. The zero-order valence-electron chi connectivity index (χ0n) is 26.1. The van der Waals surface area contributed by atoms with Gasteiger partial charge in [-0.1, -0.05) is 26.0 Å². The molecule has 1 aromatic carbocycles. The van der Waals surface area contributed by atoms with Gasteiger partial charge in [0.05, 0.1) is 6.42 Å². The van der Waals surface area contributed by atoms with Gasteiger partial charge in [-0.05, 0) is 30.0 Å². The Hall–Kier alpha value is -5.61. The van der Waals surface area contributed by atoms with E-state index in [9.17, 15) is 48.3 Å². The molecular weight excluding hydrogens is 620 g/mol. The molecule has 1 heterocycles. The third-order valence-corrected chi connectivity index (χ3v) is 6.71. The van der Waals surface area contributed by atoms with E-state index in [-0.39, 0.29) is 31.7 Å². The molecule has 17 heteroatoms. The van der Waals surface area contributed by atoms with Crippen molar-refractivity contribution in [2.45, 2.75) is 71.2 Å². The number of carboxylic acids is 1. The Morgan fingerprint density at radius 3 is 1.98 bits per heavy atom. The van der Waals surface area contributed by atoms with Gasteiger partial charge >= 0.3 is 11.9 Å².